The van der Waals surface area contributed by atoms with Gasteiger partial charge in [-0.3, -0.25) is 0 Å². The smallest absolute Gasteiger partial charge is 0.113 e. The van der Waals surface area contributed by atoms with Crippen LogP contribution in [0.1, 0.15) is 17.1 Å². The zero-order valence-corrected chi connectivity index (χ0v) is 12.3. The number of rotatable bonds is 6. The predicted octanol–water partition coefficient (Wildman–Crippen LogP) is 1.73. The predicted molar refractivity (Wildman–Crippen MR) is 80.6 cm³/mol. The van der Waals surface area contributed by atoms with E-state index in [9.17, 15) is 0 Å². The molecule has 0 aliphatic heterocycles. The summed E-state index contributed by atoms with van der Waals surface area (Å²) in [5.74, 6) is 0. The van der Waals surface area contributed by atoms with Gasteiger partial charge in [-0.1, -0.05) is 18.2 Å². The van der Waals surface area contributed by atoms with Gasteiger partial charge < -0.3 is 14.6 Å². The summed E-state index contributed by atoms with van der Waals surface area (Å²) < 4.78 is 7.31. The SMILES string of the molecule is COCc1n[nH]nc1CNCc1cc2ccccc2n1C. The third-order valence-electron chi connectivity index (χ3n) is 3.63. The number of nitrogens with one attached hydrogen (secondary N) is 2. The van der Waals surface area contributed by atoms with E-state index in [2.05, 4.69) is 62.7 Å². The average Bonchev–Trinajstić information content (AvgIpc) is 3.06. The van der Waals surface area contributed by atoms with Gasteiger partial charge in [0.2, 0.25) is 0 Å². The Hall–Kier alpha value is -2.18. The molecule has 0 aliphatic carbocycles. The van der Waals surface area contributed by atoms with Crippen LogP contribution in [0.5, 0.6) is 0 Å². The number of aromatic amines is 1. The fraction of sp³-hybridized carbons (Fsp3) is 0.333. The Labute approximate surface area is 123 Å². The summed E-state index contributed by atoms with van der Waals surface area (Å²) in [4.78, 5) is 0. The minimum Gasteiger partial charge on any atom is -0.378 e. The van der Waals surface area contributed by atoms with E-state index in [4.69, 9.17) is 4.74 Å². The summed E-state index contributed by atoms with van der Waals surface area (Å²) in [6.45, 7) is 1.92. The van der Waals surface area contributed by atoms with Crippen LogP contribution >= 0.6 is 0 Å². The van der Waals surface area contributed by atoms with Crippen LogP contribution in [0.25, 0.3) is 10.9 Å². The first-order chi connectivity index (χ1) is 10.3. The van der Waals surface area contributed by atoms with E-state index >= 15 is 0 Å². The molecule has 0 aliphatic rings. The van der Waals surface area contributed by atoms with Crippen LogP contribution in [0.2, 0.25) is 0 Å². The molecule has 0 amide bonds. The lowest BCUT2D eigenvalue weighted by Gasteiger charge is -2.06. The average molecular weight is 285 g/mol. The summed E-state index contributed by atoms with van der Waals surface area (Å²) in [5.41, 5.74) is 4.24. The molecule has 6 heteroatoms. The Morgan fingerprint density at radius 1 is 1.19 bits per heavy atom. The molecule has 1 aromatic carbocycles. The van der Waals surface area contributed by atoms with E-state index in [0.717, 1.165) is 17.9 Å². The van der Waals surface area contributed by atoms with Crippen LogP contribution in [0, 0.1) is 0 Å². The number of aryl methyl sites for hydroxylation is 1. The van der Waals surface area contributed by atoms with Crippen molar-refractivity contribution in [3.8, 4) is 0 Å². The van der Waals surface area contributed by atoms with Crippen LogP contribution in [0.15, 0.2) is 30.3 Å². The van der Waals surface area contributed by atoms with Gasteiger partial charge in [0.25, 0.3) is 0 Å². The molecule has 0 spiro atoms. The third-order valence-corrected chi connectivity index (χ3v) is 3.63. The largest absolute Gasteiger partial charge is 0.378 e. The number of benzene rings is 1. The lowest BCUT2D eigenvalue weighted by Crippen LogP contribution is -2.16. The zero-order chi connectivity index (χ0) is 14.7. The molecule has 3 aromatic rings. The number of H-pyrrole nitrogens is 1. The maximum absolute atomic E-state index is 5.10. The number of methoxy groups -OCH3 is 1. The second kappa shape index (κ2) is 6.07. The molecule has 2 aromatic heterocycles. The summed E-state index contributed by atoms with van der Waals surface area (Å²) in [6.07, 6.45) is 0. The molecule has 0 radical (unpaired) electrons. The van der Waals surface area contributed by atoms with Crippen LogP contribution in [0.3, 0.4) is 0 Å². The molecule has 6 nitrogen and oxygen atoms in total. The summed E-state index contributed by atoms with van der Waals surface area (Å²) in [6, 6.07) is 10.6. The van der Waals surface area contributed by atoms with Gasteiger partial charge in [0, 0.05) is 38.5 Å². The van der Waals surface area contributed by atoms with Gasteiger partial charge in [-0.05, 0) is 17.5 Å². The first kappa shape index (κ1) is 13.8. The monoisotopic (exact) mass is 285 g/mol. The van der Waals surface area contributed by atoms with E-state index in [1.54, 1.807) is 7.11 Å². The van der Waals surface area contributed by atoms with Crippen molar-refractivity contribution in [2.75, 3.05) is 7.11 Å². The van der Waals surface area contributed by atoms with Gasteiger partial charge >= 0.3 is 0 Å². The fourth-order valence-corrected chi connectivity index (χ4v) is 2.49. The van der Waals surface area contributed by atoms with Crippen LogP contribution < -0.4 is 5.32 Å². The Morgan fingerprint density at radius 3 is 2.81 bits per heavy atom. The van der Waals surface area contributed by atoms with Crippen molar-refractivity contribution in [3.63, 3.8) is 0 Å². The molecule has 0 bridgehead atoms. The number of fused-ring (bicyclic) bond motifs is 1. The highest BCUT2D eigenvalue weighted by Gasteiger charge is 2.08. The Bertz CT molecular complexity index is 731. The first-order valence-corrected chi connectivity index (χ1v) is 6.91. The van der Waals surface area contributed by atoms with Crippen molar-refractivity contribution >= 4 is 10.9 Å². The summed E-state index contributed by atoms with van der Waals surface area (Å²) in [5, 5.41) is 15.5. The number of aromatic nitrogens is 4. The minimum absolute atomic E-state index is 0.474. The van der Waals surface area contributed by atoms with Gasteiger partial charge in [-0.15, -0.1) is 0 Å². The number of hydrogen-bond donors (Lipinski definition) is 2. The second-order valence-electron chi connectivity index (χ2n) is 5.01. The number of ether oxygens (including phenoxy) is 1. The maximum atomic E-state index is 5.10. The number of nitrogens with zero attached hydrogens (tertiary/aromatic N) is 3. The van der Waals surface area contributed by atoms with Crippen molar-refractivity contribution in [2.24, 2.45) is 7.05 Å². The number of para-hydroxylation sites is 1. The second-order valence-corrected chi connectivity index (χ2v) is 5.01. The van der Waals surface area contributed by atoms with Crippen LogP contribution in [0.4, 0.5) is 0 Å². The van der Waals surface area contributed by atoms with E-state index < -0.39 is 0 Å². The van der Waals surface area contributed by atoms with E-state index in [1.807, 2.05) is 0 Å². The molecule has 0 saturated heterocycles. The van der Waals surface area contributed by atoms with Crippen molar-refractivity contribution in [2.45, 2.75) is 19.7 Å². The van der Waals surface area contributed by atoms with Crippen molar-refractivity contribution in [1.82, 2.24) is 25.3 Å². The van der Waals surface area contributed by atoms with E-state index in [1.165, 1.54) is 16.6 Å². The highest BCUT2D eigenvalue weighted by Crippen LogP contribution is 2.18. The quantitative estimate of drug-likeness (QED) is 0.724. The lowest BCUT2D eigenvalue weighted by molar-refractivity contribution is 0.180. The Balaban J connectivity index is 1.66. The minimum atomic E-state index is 0.474. The molecule has 0 fully saturated rings. The molecule has 2 heterocycles. The molecule has 0 saturated carbocycles. The van der Waals surface area contributed by atoms with Crippen molar-refractivity contribution in [1.29, 1.82) is 0 Å². The lowest BCUT2D eigenvalue weighted by atomic mass is 10.2. The highest BCUT2D eigenvalue weighted by molar-refractivity contribution is 5.81. The molecule has 2 N–H and O–H groups in total. The molecule has 0 unspecified atom stereocenters. The standard InChI is InChI=1S/C15H19N5O/c1-20-12(7-11-5-3-4-6-15(11)20)8-16-9-13-14(10-21-2)18-19-17-13/h3-7,16H,8-10H2,1-2H3,(H,17,18,19). The molecule has 3 rings (SSSR count). The van der Waals surface area contributed by atoms with Crippen LogP contribution in [-0.2, 0) is 31.5 Å². The van der Waals surface area contributed by atoms with Gasteiger partial charge in [0.05, 0.1) is 6.61 Å². The normalized spacial score (nSPS) is 11.3. The topological polar surface area (TPSA) is 67.8 Å². The van der Waals surface area contributed by atoms with Gasteiger partial charge in [-0.25, -0.2) is 0 Å². The van der Waals surface area contributed by atoms with Crippen molar-refractivity contribution in [3.05, 3.63) is 47.4 Å². The van der Waals surface area contributed by atoms with Gasteiger partial charge in [0.15, 0.2) is 0 Å². The van der Waals surface area contributed by atoms with E-state index in [0.29, 0.717) is 13.2 Å². The molecule has 21 heavy (non-hydrogen) atoms. The summed E-state index contributed by atoms with van der Waals surface area (Å²) in [7, 11) is 3.74. The zero-order valence-electron chi connectivity index (χ0n) is 12.3. The van der Waals surface area contributed by atoms with E-state index in [-0.39, 0.29) is 0 Å². The molecule has 110 valence electrons. The highest BCUT2D eigenvalue weighted by atomic mass is 16.5. The van der Waals surface area contributed by atoms with Crippen molar-refractivity contribution < 1.29 is 4.74 Å². The molecular formula is C15H19N5O. The molecular weight excluding hydrogens is 266 g/mol. The van der Waals surface area contributed by atoms with Crippen LogP contribution in [-0.4, -0.2) is 27.1 Å². The molecule has 0 atom stereocenters. The fourth-order valence-electron chi connectivity index (χ4n) is 2.49. The van der Waals surface area contributed by atoms with Gasteiger partial charge in [-0.2, -0.15) is 15.4 Å². The van der Waals surface area contributed by atoms with Gasteiger partial charge in [0.1, 0.15) is 11.4 Å². The maximum Gasteiger partial charge on any atom is 0.113 e. The third kappa shape index (κ3) is 2.81. The Kier molecular flexibility index (Phi) is 3.98. The number of hydrogen-bond acceptors (Lipinski definition) is 4. The summed E-state index contributed by atoms with van der Waals surface area (Å²) >= 11 is 0. The first-order valence-electron chi connectivity index (χ1n) is 6.91. The Morgan fingerprint density at radius 2 is 2.00 bits per heavy atom.